The number of alkyl halides is 3. The number of carbonyl (C=O) groups is 1. The first-order chi connectivity index (χ1) is 15.9. The highest BCUT2D eigenvalue weighted by Gasteiger charge is 2.34. The molecule has 0 spiro atoms. The van der Waals surface area contributed by atoms with Crippen LogP contribution >= 0.6 is 0 Å². The predicted molar refractivity (Wildman–Crippen MR) is 118 cm³/mol. The summed E-state index contributed by atoms with van der Waals surface area (Å²) in [5.74, 6) is 0.629. The maximum Gasteiger partial charge on any atom is 0.416 e. The smallest absolute Gasteiger partial charge is 0.416 e. The third-order valence-electron chi connectivity index (χ3n) is 5.95. The first-order valence-corrected chi connectivity index (χ1v) is 10.5. The molecule has 2 aromatic heterocycles. The van der Waals surface area contributed by atoms with Crippen molar-refractivity contribution in [2.75, 3.05) is 5.32 Å². The SMILES string of the molecule is O=C(Nc1c[nH]c2ccc(OC3CC(c4ccc(C(F)(F)F)cc4)C3)cc12)c1ccncc1. The second kappa shape index (κ2) is 8.27. The van der Waals surface area contributed by atoms with E-state index in [-0.39, 0.29) is 17.9 Å². The van der Waals surface area contributed by atoms with Crippen molar-refractivity contribution in [2.24, 2.45) is 0 Å². The number of pyridine rings is 1. The first-order valence-electron chi connectivity index (χ1n) is 10.5. The van der Waals surface area contributed by atoms with Gasteiger partial charge in [-0.05, 0) is 66.8 Å². The van der Waals surface area contributed by atoms with Crippen LogP contribution in [0, 0.1) is 0 Å². The number of nitrogens with zero attached hydrogens (tertiary/aromatic N) is 1. The Morgan fingerprint density at radius 3 is 2.45 bits per heavy atom. The van der Waals surface area contributed by atoms with E-state index in [9.17, 15) is 18.0 Å². The van der Waals surface area contributed by atoms with Gasteiger partial charge in [0.2, 0.25) is 0 Å². The number of aromatic amines is 1. The molecule has 4 aromatic rings. The molecule has 0 bridgehead atoms. The predicted octanol–water partition coefficient (Wildman–Crippen LogP) is 6.16. The van der Waals surface area contributed by atoms with Gasteiger partial charge in [0.1, 0.15) is 5.75 Å². The van der Waals surface area contributed by atoms with Crippen LogP contribution in [0.3, 0.4) is 0 Å². The van der Waals surface area contributed by atoms with E-state index in [1.54, 1.807) is 42.9 Å². The lowest BCUT2D eigenvalue weighted by atomic mass is 9.77. The number of fused-ring (bicyclic) bond motifs is 1. The van der Waals surface area contributed by atoms with E-state index in [0.29, 0.717) is 17.0 Å². The maximum atomic E-state index is 12.7. The molecule has 168 valence electrons. The van der Waals surface area contributed by atoms with Gasteiger partial charge in [0.05, 0.1) is 17.4 Å². The zero-order valence-corrected chi connectivity index (χ0v) is 17.4. The summed E-state index contributed by atoms with van der Waals surface area (Å²) in [7, 11) is 0. The number of H-pyrrole nitrogens is 1. The van der Waals surface area contributed by atoms with Crippen molar-refractivity contribution < 1.29 is 22.7 Å². The van der Waals surface area contributed by atoms with Gasteiger partial charge in [0.15, 0.2) is 0 Å². The van der Waals surface area contributed by atoms with Crippen molar-refractivity contribution in [3.8, 4) is 5.75 Å². The highest BCUT2D eigenvalue weighted by atomic mass is 19.4. The van der Waals surface area contributed by atoms with E-state index < -0.39 is 11.7 Å². The number of ether oxygens (including phenoxy) is 1. The summed E-state index contributed by atoms with van der Waals surface area (Å²) in [5.41, 5.74) is 2.28. The fraction of sp³-hybridized carbons (Fsp3) is 0.200. The van der Waals surface area contributed by atoms with Gasteiger partial charge < -0.3 is 15.0 Å². The van der Waals surface area contributed by atoms with Crippen LogP contribution in [-0.2, 0) is 6.18 Å². The minimum atomic E-state index is -4.32. The third kappa shape index (κ3) is 4.41. The monoisotopic (exact) mass is 451 g/mol. The van der Waals surface area contributed by atoms with E-state index in [1.165, 1.54) is 0 Å². The molecule has 0 saturated heterocycles. The Labute approximate surface area is 187 Å². The molecule has 0 unspecified atom stereocenters. The summed E-state index contributed by atoms with van der Waals surface area (Å²) >= 11 is 0. The molecule has 1 aliphatic carbocycles. The normalized spacial score (nSPS) is 18.0. The van der Waals surface area contributed by atoms with E-state index >= 15 is 0 Å². The van der Waals surface area contributed by atoms with Gasteiger partial charge in [-0.1, -0.05) is 12.1 Å². The number of anilines is 1. The van der Waals surface area contributed by atoms with Crippen LogP contribution in [-0.4, -0.2) is 22.0 Å². The van der Waals surface area contributed by atoms with Gasteiger partial charge >= 0.3 is 6.18 Å². The second-order valence-corrected chi connectivity index (χ2v) is 8.13. The Hall–Kier alpha value is -3.81. The van der Waals surface area contributed by atoms with Gasteiger partial charge in [-0.3, -0.25) is 9.78 Å². The topological polar surface area (TPSA) is 67.0 Å². The fourth-order valence-corrected chi connectivity index (χ4v) is 4.04. The van der Waals surface area contributed by atoms with E-state index in [1.807, 2.05) is 18.2 Å². The third-order valence-corrected chi connectivity index (χ3v) is 5.95. The Kier molecular flexibility index (Phi) is 5.28. The molecule has 5 nitrogen and oxygen atoms in total. The number of halogens is 3. The lowest BCUT2D eigenvalue weighted by Crippen LogP contribution is -2.32. The summed E-state index contributed by atoms with van der Waals surface area (Å²) in [6.45, 7) is 0. The Bertz CT molecular complexity index is 1280. The molecule has 5 rings (SSSR count). The molecule has 2 heterocycles. The zero-order chi connectivity index (χ0) is 23.0. The van der Waals surface area contributed by atoms with Crippen molar-refractivity contribution in [2.45, 2.75) is 31.0 Å². The van der Waals surface area contributed by atoms with Crippen LogP contribution in [0.2, 0.25) is 0 Å². The van der Waals surface area contributed by atoms with Crippen molar-refractivity contribution >= 4 is 22.5 Å². The van der Waals surface area contributed by atoms with E-state index in [0.717, 1.165) is 41.4 Å². The van der Waals surface area contributed by atoms with Gasteiger partial charge in [0, 0.05) is 35.1 Å². The summed E-state index contributed by atoms with van der Waals surface area (Å²) in [6, 6.07) is 14.3. The van der Waals surface area contributed by atoms with Gasteiger partial charge in [-0.25, -0.2) is 0 Å². The maximum absolute atomic E-state index is 12.7. The standard InChI is InChI=1S/C25H20F3N3O2/c26-25(27,28)18-3-1-15(2-4-18)17-11-20(12-17)33-19-5-6-22-21(13-19)23(14-30-22)31-24(32)16-7-9-29-10-8-16/h1-10,13-14,17,20,30H,11-12H2,(H,31,32). The first kappa shape index (κ1) is 21.1. The molecule has 2 aromatic carbocycles. The summed E-state index contributed by atoms with van der Waals surface area (Å²) in [6.07, 6.45) is 2.00. The fourth-order valence-electron chi connectivity index (χ4n) is 4.04. The Balaban J connectivity index is 1.23. The van der Waals surface area contributed by atoms with Crippen molar-refractivity contribution in [1.29, 1.82) is 0 Å². The molecule has 1 saturated carbocycles. The minimum absolute atomic E-state index is 0.0106. The van der Waals surface area contributed by atoms with Crippen molar-refractivity contribution in [1.82, 2.24) is 9.97 Å². The van der Waals surface area contributed by atoms with Crippen LogP contribution in [0.25, 0.3) is 10.9 Å². The quantitative estimate of drug-likeness (QED) is 0.382. The van der Waals surface area contributed by atoms with Crippen LogP contribution in [0.5, 0.6) is 5.75 Å². The largest absolute Gasteiger partial charge is 0.490 e. The number of aromatic nitrogens is 2. The Morgan fingerprint density at radius 1 is 1.03 bits per heavy atom. The number of hydrogen-bond donors (Lipinski definition) is 2. The molecular weight excluding hydrogens is 431 g/mol. The molecular formula is C25H20F3N3O2. The number of benzene rings is 2. The summed E-state index contributed by atoms with van der Waals surface area (Å²) < 4.78 is 44.3. The lowest BCUT2D eigenvalue weighted by Gasteiger charge is -2.35. The molecule has 0 radical (unpaired) electrons. The molecule has 1 fully saturated rings. The van der Waals surface area contributed by atoms with Crippen LogP contribution in [0.1, 0.15) is 40.2 Å². The lowest BCUT2D eigenvalue weighted by molar-refractivity contribution is -0.137. The van der Waals surface area contributed by atoms with Crippen LogP contribution in [0.15, 0.2) is 73.2 Å². The number of hydrogen-bond acceptors (Lipinski definition) is 3. The van der Waals surface area contributed by atoms with Crippen LogP contribution in [0.4, 0.5) is 18.9 Å². The minimum Gasteiger partial charge on any atom is -0.490 e. The Morgan fingerprint density at radius 2 is 1.76 bits per heavy atom. The van der Waals surface area contributed by atoms with Gasteiger partial charge in [-0.2, -0.15) is 13.2 Å². The highest BCUT2D eigenvalue weighted by Crippen LogP contribution is 2.41. The second-order valence-electron chi connectivity index (χ2n) is 8.13. The summed E-state index contributed by atoms with van der Waals surface area (Å²) in [5, 5.41) is 3.73. The number of rotatable bonds is 5. The molecule has 0 atom stereocenters. The number of amides is 1. The molecule has 1 amide bonds. The molecule has 33 heavy (non-hydrogen) atoms. The van der Waals surface area contributed by atoms with Crippen LogP contribution < -0.4 is 10.1 Å². The zero-order valence-electron chi connectivity index (χ0n) is 17.4. The average Bonchev–Trinajstić information content (AvgIpc) is 3.18. The van der Waals surface area contributed by atoms with E-state index in [2.05, 4.69) is 15.3 Å². The van der Waals surface area contributed by atoms with E-state index in [4.69, 9.17) is 4.74 Å². The van der Waals surface area contributed by atoms with Crippen molar-refractivity contribution in [3.05, 3.63) is 89.9 Å². The molecule has 8 heteroatoms. The number of carbonyl (C=O) groups excluding carboxylic acids is 1. The van der Waals surface area contributed by atoms with Gasteiger partial charge in [0.25, 0.3) is 5.91 Å². The van der Waals surface area contributed by atoms with Gasteiger partial charge in [-0.15, -0.1) is 0 Å². The summed E-state index contributed by atoms with van der Waals surface area (Å²) in [4.78, 5) is 19.5. The molecule has 2 N–H and O–H groups in total. The van der Waals surface area contributed by atoms with Crippen molar-refractivity contribution in [3.63, 3.8) is 0 Å². The average molecular weight is 451 g/mol. The molecule has 0 aliphatic heterocycles. The highest BCUT2D eigenvalue weighted by molar-refractivity contribution is 6.09. The number of nitrogens with one attached hydrogen (secondary N) is 2. The molecule has 1 aliphatic rings.